The summed E-state index contributed by atoms with van der Waals surface area (Å²) in [4.78, 5) is 10.0. The van der Waals surface area contributed by atoms with Crippen molar-refractivity contribution in [2.75, 3.05) is 0 Å². The van der Waals surface area contributed by atoms with Crippen LogP contribution in [-0.4, -0.2) is 22.3 Å². The van der Waals surface area contributed by atoms with Gasteiger partial charge < -0.3 is 10.2 Å². The van der Waals surface area contributed by atoms with Crippen LogP contribution in [0.2, 0.25) is 0 Å². The molecule has 0 heterocycles. The summed E-state index contributed by atoms with van der Waals surface area (Å²) in [6.07, 6.45) is 1.02. The summed E-state index contributed by atoms with van der Waals surface area (Å²) in [5.41, 5.74) is 0.686. The summed E-state index contributed by atoms with van der Waals surface area (Å²) in [5.74, 6) is -2.36. The molecule has 0 fully saturated rings. The normalized spacial score (nSPS) is 11.2. The molecule has 1 radical (unpaired) electrons. The average molecular weight is 165 g/mol. The van der Waals surface area contributed by atoms with Crippen LogP contribution < -0.4 is 0 Å². The SMILES string of the molecule is O=[C]C(O)(O)Cc1ccccc1. The van der Waals surface area contributed by atoms with Crippen LogP contribution in [0.15, 0.2) is 30.3 Å². The van der Waals surface area contributed by atoms with Gasteiger partial charge in [-0.25, -0.2) is 0 Å². The lowest BCUT2D eigenvalue weighted by atomic mass is 10.1. The molecule has 3 nitrogen and oxygen atoms in total. The van der Waals surface area contributed by atoms with Crippen LogP contribution in [-0.2, 0) is 11.2 Å². The predicted octanol–water partition coefficient (Wildman–Crippen LogP) is 0.0197. The van der Waals surface area contributed by atoms with E-state index in [2.05, 4.69) is 0 Å². The van der Waals surface area contributed by atoms with E-state index in [4.69, 9.17) is 10.2 Å². The minimum Gasteiger partial charge on any atom is -0.359 e. The summed E-state index contributed by atoms with van der Waals surface area (Å²) >= 11 is 0. The second-order valence-corrected chi connectivity index (χ2v) is 2.58. The van der Waals surface area contributed by atoms with Crippen LogP contribution >= 0.6 is 0 Å². The summed E-state index contributed by atoms with van der Waals surface area (Å²) in [5, 5.41) is 17.8. The maximum Gasteiger partial charge on any atom is 0.263 e. The van der Waals surface area contributed by atoms with Gasteiger partial charge in [-0.2, -0.15) is 0 Å². The van der Waals surface area contributed by atoms with E-state index in [0.717, 1.165) is 6.29 Å². The summed E-state index contributed by atoms with van der Waals surface area (Å²) in [7, 11) is 0. The van der Waals surface area contributed by atoms with E-state index in [9.17, 15) is 4.79 Å². The lowest BCUT2D eigenvalue weighted by Crippen LogP contribution is -2.32. The number of carbonyl (C=O) groups excluding carboxylic acids is 1. The van der Waals surface area contributed by atoms with Crippen molar-refractivity contribution in [3.63, 3.8) is 0 Å². The number of benzene rings is 1. The predicted molar refractivity (Wildman–Crippen MR) is 43.0 cm³/mol. The highest BCUT2D eigenvalue weighted by Gasteiger charge is 2.23. The molecule has 0 amide bonds. The molecule has 0 aliphatic heterocycles. The van der Waals surface area contributed by atoms with Crippen molar-refractivity contribution in [2.45, 2.75) is 12.2 Å². The topological polar surface area (TPSA) is 57.5 Å². The molecule has 1 rings (SSSR count). The molecular formula is C9H9O3. The molecule has 0 aliphatic rings. The smallest absolute Gasteiger partial charge is 0.263 e. The van der Waals surface area contributed by atoms with Crippen LogP contribution in [0.25, 0.3) is 0 Å². The van der Waals surface area contributed by atoms with Crippen molar-refractivity contribution in [3.8, 4) is 0 Å². The Labute approximate surface area is 70.3 Å². The summed E-state index contributed by atoms with van der Waals surface area (Å²) in [6, 6.07) is 8.74. The van der Waals surface area contributed by atoms with Gasteiger partial charge in [-0.3, -0.25) is 4.79 Å². The van der Waals surface area contributed by atoms with Gasteiger partial charge in [0.15, 0.2) is 0 Å². The number of rotatable bonds is 3. The molecule has 0 saturated heterocycles. The van der Waals surface area contributed by atoms with E-state index in [1.54, 1.807) is 24.3 Å². The molecule has 2 N–H and O–H groups in total. The molecule has 0 atom stereocenters. The van der Waals surface area contributed by atoms with Crippen molar-refractivity contribution in [2.24, 2.45) is 0 Å². The molecule has 0 unspecified atom stereocenters. The first-order valence-corrected chi connectivity index (χ1v) is 3.52. The van der Waals surface area contributed by atoms with Crippen molar-refractivity contribution in [1.29, 1.82) is 0 Å². The van der Waals surface area contributed by atoms with Gasteiger partial charge in [0.05, 0.1) is 0 Å². The Bertz CT molecular complexity index is 254. The van der Waals surface area contributed by atoms with Crippen molar-refractivity contribution in [1.82, 2.24) is 0 Å². The molecule has 0 bridgehead atoms. The molecular weight excluding hydrogens is 156 g/mol. The fourth-order valence-electron chi connectivity index (χ4n) is 0.917. The summed E-state index contributed by atoms with van der Waals surface area (Å²) < 4.78 is 0. The van der Waals surface area contributed by atoms with Crippen LogP contribution in [0, 0.1) is 0 Å². The zero-order valence-electron chi connectivity index (χ0n) is 6.40. The first kappa shape index (κ1) is 8.90. The van der Waals surface area contributed by atoms with Crippen LogP contribution in [0.4, 0.5) is 0 Å². The van der Waals surface area contributed by atoms with Crippen molar-refractivity contribution < 1.29 is 15.0 Å². The fourth-order valence-corrected chi connectivity index (χ4v) is 0.917. The van der Waals surface area contributed by atoms with Gasteiger partial charge in [0.25, 0.3) is 6.29 Å². The lowest BCUT2D eigenvalue weighted by Gasteiger charge is -2.12. The highest BCUT2D eigenvalue weighted by Crippen LogP contribution is 2.07. The number of aliphatic hydroxyl groups is 2. The average Bonchev–Trinajstić information content (AvgIpc) is 2.06. The van der Waals surface area contributed by atoms with Crippen molar-refractivity contribution >= 4 is 6.29 Å². The standard InChI is InChI=1S/C9H9O3/c10-7-9(11,12)6-8-4-2-1-3-5-8/h1-5,11-12H,6H2. The zero-order chi connectivity index (χ0) is 9.03. The molecule has 12 heavy (non-hydrogen) atoms. The Morgan fingerprint density at radius 1 is 1.25 bits per heavy atom. The maximum absolute atomic E-state index is 10.0. The van der Waals surface area contributed by atoms with E-state index in [1.165, 1.54) is 0 Å². The van der Waals surface area contributed by atoms with Gasteiger partial charge in [-0.05, 0) is 5.56 Å². The van der Waals surface area contributed by atoms with Gasteiger partial charge in [-0.1, -0.05) is 30.3 Å². The molecule has 1 aromatic rings. The molecule has 0 aliphatic carbocycles. The molecule has 0 aromatic heterocycles. The summed E-state index contributed by atoms with van der Waals surface area (Å²) in [6.45, 7) is 0. The van der Waals surface area contributed by atoms with Crippen LogP contribution in [0.5, 0.6) is 0 Å². The Balaban J connectivity index is 2.70. The van der Waals surface area contributed by atoms with E-state index in [-0.39, 0.29) is 6.42 Å². The largest absolute Gasteiger partial charge is 0.359 e. The van der Waals surface area contributed by atoms with Gasteiger partial charge >= 0.3 is 0 Å². The van der Waals surface area contributed by atoms with Crippen molar-refractivity contribution in [3.05, 3.63) is 35.9 Å². The highest BCUT2D eigenvalue weighted by molar-refractivity contribution is 5.60. The second kappa shape index (κ2) is 3.47. The van der Waals surface area contributed by atoms with Crippen LogP contribution in [0.1, 0.15) is 5.56 Å². The van der Waals surface area contributed by atoms with Crippen LogP contribution in [0.3, 0.4) is 0 Å². The van der Waals surface area contributed by atoms with E-state index < -0.39 is 5.79 Å². The molecule has 0 saturated carbocycles. The maximum atomic E-state index is 10.0. The van der Waals surface area contributed by atoms with E-state index in [1.807, 2.05) is 6.07 Å². The Kier molecular flexibility index (Phi) is 2.58. The number of hydrogen-bond donors (Lipinski definition) is 2. The van der Waals surface area contributed by atoms with Gasteiger partial charge in [0.1, 0.15) is 0 Å². The van der Waals surface area contributed by atoms with Gasteiger partial charge in [0.2, 0.25) is 5.79 Å². The second-order valence-electron chi connectivity index (χ2n) is 2.58. The minimum absolute atomic E-state index is 0.128. The lowest BCUT2D eigenvalue weighted by molar-refractivity contribution is -0.0980. The monoisotopic (exact) mass is 165 g/mol. The zero-order valence-corrected chi connectivity index (χ0v) is 6.40. The molecule has 3 heteroatoms. The van der Waals surface area contributed by atoms with E-state index >= 15 is 0 Å². The molecule has 0 spiro atoms. The molecule has 1 aromatic carbocycles. The first-order chi connectivity index (χ1) is 5.64. The Morgan fingerprint density at radius 3 is 2.33 bits per heavy atom. The number of hydrogen-bond acceptors (Lipinski definition) is 3. The van der Waals surface area contributed by atoms with Gasteiger partial charge in [-0.15, -0.1) is 0 Å². The Morgan fingerprint density at radius 2 is 1.83 bits per heavy atom. The third-order valence-corrected chi connectivity index (χ3v) is 1.46. The highest BCUT2D eigenvalue weighted by atomic mass is 16.5. The quantitative estimate of drug-likeness (QED) is 0.621. The minimum atomic E-state index is -2.36. The fraction of sp³-hybridized carbons (Fsp3) is 0.222. The van der Waals surface area contributed by atoms with E-state index in [0.29, 0.717) is 5.56 Å². The molecule has 63 valence electrons. The first-order valence-electron chi connectivity index (χ1n) is 3.52. The third kappa shape index (κ3) is 2.45. The van der Waals surface area contributed by atoms with Gasteiger partial charge in [0, 0.05) is 6.42 Å². The third-order valence-electron chi connectivity index (χ3n) is 1.46. The Hall–Kier alpha value is -1.19.